The normalized spacial score (nSPS) is 10.8. The lowest BCUT2D eigenvalue weighted by Gasteiger charge is -2.22. The van der Waals surface area contributed by atoms with Crippen LogP contribution in [-0.2, 0) is 6.54 Å². The summed E-state index contributed by atoms with van der Waals surface area (Å²) >= 11 is 1.68. The van der Waals surface area contributed by atoms with Crippen molar-refractivity contribution in [3.63, 3.8) is 0 Å². The first-order chi connectivity index (χ1) is 11.0. The van der Waals surface area contributed by atoms with E-state index in [0.717, 1.165) is 10.5 Å². The van der Waals surface area contributed by atoms with Gasteiger partial charge in [-0.3, -0.25) is 4.79 Å². The molecule has 0 aliphatic heterocycles. The van der Waals surface area contributed by atoms with Crippen LogP contribution >= 0.6 is 11.8 Å². The largest absolute Gasteiger partial charge is 0.335 e. The Balaban J connectivity index is 2.23. The third kappa shape index (κ3) is 4.83. The van der Waals surface area contributed by atoms with Gasteiger partial charge >= 0.3 is 0 Å². The van der Waals surface area contributed by atoms with Gasteiger partial charge in [0.05, 0.1) is 5.56 Å². The Bertz CT molecular complexity index is 672. The van der Waals surface area contributed by atoms with Crippen LogP contribution < -0.4 is 0 Å². The van der Waals surface area contributed by atoms with E-state index >= 15 is 0 Å². The number of carbonyl (C=O) groups excluding carboxylic acids is 1. The van der Waals surface area contributed by atoms with Crippen molar-refractivity contribution < 1.29 is 9.18 Å². The summed E-state index contributed by atoms with van der Waals surface area (Å²) in [5.41, 5.74) is 1.51. The Morgan fingerprint density at radius 1 is 1.17 bits per heavy atom. The Morgan fingerprint density at radius 3 is 2.57 bits per heavy atom. The van der Waals surface area contributed by atoms with E-state index in [4.69, 9.17) is 0 Å². The molecule has 122 valence electrons. The van der Waals surface area contributed by atoms with Crippen LogP contribution in [0, 0.1) is 5.82 Å². The van der Waals surface area contributed by atoms with Gasteiger partial charge in [0.15, 0.2) is 0 Å². The summed E-state index contributed by atoms with van der Waals surface area (Å²) in [4.78, 5) is 15.6. The third-order valence-electron chi connectivity index (χ3n) is 3.41. The van der Waals surface area contributed by atoms with Gasteiger partial charge in [-0.25, -0.2) is 4.39 Å². The maximum absolute atomic E-state index is 13.3. The third-order valence-corrected chi connectivity index (χ3v) is 4.49. The number of amides is 1. The zero-order valence-electron chi connectivity index (χ0n) is 13.8. The van der Waals surface area contributed by atoms with Crippen molar-refractivity contribution >= 4 is 17.7 Å². The number of rotatable bonds is 6. The van der Waals surface area contributed by atoms with E-state index in [2.05, 4.69) is 13.8 Å². The van der Waals surface area contributed by atoms with Crippen molar-refractivity contribution in [1.29, 1.82) is 0 Å². The molecule has 0 bridgehead atoms. The minimum absolute atomic E-state index is 0.0134. The van der Waals surface area contributed by atoms with Crippen LogP contribution in [-0.4, -0.2) is 22.6 Å². The first-order valence-corrected chi connectivity index (χ1v) is 8.68. The fraction of sp³-hybridized carbons (Fsp3) is 0.316. The molecule has 0 atom stereocenters. The summed E-state index contributed by atoms with van der Waals surface area (Å²) < 4.78 is 13.3. The van der Waals surface area contributed by atoms with E-state index in [1.807, 2.05) is 37.3 Å². The van der Waals surface area contributed by atoms with Crippen LogP contribution in [0.15, 0.2) is 53.4 Å². The van der Waals surface area contributed by atoms with E-state index in [1.165, 1.54) is 12.1 Å². The smallest absolute Gasteiger partial charge is 0.255 e. The topological polar surface area (TPSA) is 20.3 Å². The van der Waals surface area contributed by atoms with E-state index in [1.54, 1.807) is 22.7 Å². The molecule has 0 aliphatic carbocycles. The predicted molar refractivity (Wildman–Crippen MR) is 94.2 cm³/mol. The number of hydrogen-bond acceptors (Lipinski definition) is 2. The lowest BCUT2D eigenvalue weighted by Crippen LogP contribution is -2.30. The van der Waals surface area contributed by atoms with E-state index in [0.29, 0.717) is 23.9 Å². The number of carbonyl (C=O) groups is 1. The Labute approximate surface area is 141 Å². The molecule has 2 aromatic carbocycles. The first-order valence-electron chi connectivity index (χ1n) is 7.80. The minimum atomic E-state index is -0.276. The average molecular weight is 331 g/mol. The monoisotopic (exact) mass is 331 g/mol. The number of nitrogens with zero attached hydrogens (tertiary/aromatic N) is 1. The number of benzene rings is 2. The molecular weight excluding hydrogens is 309 g/mol. The lowest BCUT2D eigenvalue weighted by atomic mass is 10.1. The molecule has 0 aromatic heterocycles. The SMILES string of the molecule is CCN(Cc1cccc(F)c1)C(=O)c1ccccc1SC(C)C. The lowest BCUT2D eigenvalue weighted by molar-refractivity contribution is 0.0749. The van der Waals surface area contributed by atoms with Crippen molar-refractivity contribution in [2.75, 3.05) is 6.54 Å². The quantitative estimate of drug-likeness (QED) is 0.695. The van der Waals surface area contributed by atoms with E-state index in [-0.39, 0.29) is 11.7 Å². The molecule has 4 heteroatoms. The van der Waals surface area contributed by atoms with Crippen molar-refractivity contribution in [1.82, 2.24) is 4.90 Å². The van der Waals surface area contributed by atoms with Crippen molar-refractivity contribution in [2.45, 2.75) is 37.5 Å². The van der Waals surface area contributed by atoms with Gasteiger partial charge in [0.2, 0.25) is 0 Å². The second-order valence-corrected chi connectivity index (χ2v) is 7.23. The van der Waals surface area contributed by atoms with Crippen LogP contribution in [0.3, 0.4) is 0 Å². The number of hydrogen-bond donors (Lipinski definition) is 0. The van der Waals surface area contributed by atoms with Crippen LogP contribution in [0.2, 0.25) is 0 Å². The first kappa shape index (κ1) is 17.5. The molecule has 0 unspecified atom stereocenters. The van der Waals surface area contributed by atoms with E-state index in [9.17, 15) is 9.18 Å². The second kappa shape index (κ2) is 8.16. The Kier molecular flexibility index (Phi) is 6.22. The van der Waals surface area contributed by atoms with Crippen molar-refractivity contribution in [3.8, 4) is 0 Å². The molecule has 2 aromatic rings. The molecule has 0 fully saturated rings. The molecule has 0 N–H and O–H groups in total. The summed E-state index contributed by atoms with van der Waals surface area (Å²) in [6.45, 7) is 7.14. The highest BCUT2D eigenvalue weighted by Gasteiger charge is 2.18. The molecular formula is C19H22FNOS. The van der Waals surface area contributed by atoms with Gasteiger partial charge in [-0.2, -0.15) is 0 Å². The maximum Gasteiger partial charge on any atom is 0.255 e. The molecule has 0 radical (unpaired) electrons. The van der Waals surface area contributed by atoms with Crippen LogP contribution in [0.5, 0.6) is 0 Å². The molecule has 0 aliphatic rings. The highest BCUT2D eigenvalue weighted by Crippen LogP contribution is 2.27. The second-order valence-electron chi connectivity index (χ2n) is 5.61. The van der Waals surface area contributed by atoms with Gasteiger partial charge in [0.1, 0.15) is 5.82 Å². The zero-order chi connectivity index (χ0) is 16.8. The van der Waals surface area contributed by atoms with Crippen LogP contribution in [0.4, 0.5) is 4.39 Å². The molecule has 23 heavy (non-hydrogen) atoms. The van der Waals surface area contributed by atoms with Crippen molar-refractivity contribution in [2.24, 2.45) is 0 Å². The van der Waals surface area contributed by atoms with Gasteiger partial charge in [0.25, 0.3) is 5.91 Å². The van der Waals surface area contributed by atoms with Crippen LogP contribution in [0.1, 0.15) is 36.7 Å². The fourth-order valence-electron chi connectivity index (χ4n) is 2.35. The molecule has 0 heterocycles. The highest BCUT2D eigenvalue weighted by molar-refractivity contribution is 8.00. The summed E-state index contributed by atoms with van der Waals surface area (Å²) in [5.74, 6) is -0.290. The van der Waals surface area contributed by atoms with Crippen molar-refractivity contribution in [3.05, 3.63) is 65.5 Å². The van der Waals surface area contributed by atoms with Gasteiger partial charge in [-0.1, -0.05) is 38.1 Å². The number of halogens is 1. The van der Waals surface area contributed by atoms with Gasteiger partial charge < -0.3 is 4.90 Å². The molecule has 0 saturated heterocycles. The maximum atomic E-state index is 13.3. The van der Waals surface area contributed by atoms with Gasteiger partial charge in [-0.15, -0.1) is 11.8 Å². The standard InChI is InChI=1S/C19H22FNOS/c1-4-21(13-15-8-7-9-16(20)12-15)19(22)17-10-5-6-11-18(17)23-14(2)3/h5-12,14H,4,13H2,1-3H3. The van der Waals surface area contributed by atoms with E-state index < -0.39 is 0 Å². The van der Waals surface area contributed by atoms with Gasteiger partial charge in [0, 0.05) is 23.2 Å². The summed E-state index contributed by atoms with van der Waals surface area (Å²) in [6.07, 6.45) is 0. The Morgan fingerprint density at radius 2 is 1.91 bits per heavy atom. The Hall–Kier alpha value is -1.81. The molecule has 0 spiro atoms. The zero-order valence-corrected chi connectivity index (χ0v) is 14.6. The molecule has 0 saturated carbocycles. The molecule has 1 amide bonds. The summed E-state index contributed by atoms with van der Waals surface area (Å²) in [7, 11) is 0. The fourth-order valence-corrected chi connectivity index (χ4v) is 3.30. The highest BCUT2D eigenvalue weighted by atomic mass is 32.2. The van der Waals surface area contributed by atoms with Gasteiger partial charge in [-0.05, 0) is 36.8 Å². The minimum Gasteiger partial charge on any atom is -0.335 e. The van der Waals surface area contributed by atoms with Crippen LogP contribution in [0.25, 0.3) is 0 Å². The molecule has 2 nitrogen and oxygen atoms in total. The predicted octanol–water partition coefficient (Wildman–Crippen LogP) is 4.99. The summed E-state index contributed by atoms with van der Waals surface area (Å²) in [5, 5.41) is 0.405. The number of thioether (sulfide) groups is 1. The summed E-state index contributed by atoms with van der Waals surface area (Å²) in [6, 6.07) is 14.1. The molecule has 2 rings (SSSR count). The average Bonchev–Trinajstić information content (AvgIpc) is 2.52.